The maximum absolute atomic E-state index is 12.3. The summed E-state index contributed by atoms with van der Waals surface area (Å²) in [7, 11) is 1.76. The monoisotopic (exact) mass is 332 g/mol. The van der Waals surface area contributed by atoms with E-state index in [9.17, 15) is 4.79 Å². The summed E-state index contributed by atoms with van der Waals surface area (Å²) < 4.78 is 13.0. The van der Waals surface area contributed by atoms with Crippen LogP contribution in [0.5, 0.6) is 11.5 Å². The van der Waals surface area contributed by atoms with Crippen LogP contribution in [-0.4, -0.2) is 16.3 Å². The van der Waals surface area contributed by atoms with Crippen molar-refractivity contribution >= 4 is 33.3 Å². The molecule has 0 bridgehead atoms. The molecule has 2 aromatic heterocycles. The molecule has 0 amide bonds. The average Bonchev–Trinajstić information content (AvgIpc) is 3.17. The molecule has 0 radical (unpaired) electrons. The van der Waals surface area contributed by atoms with Crippen LogP contribution in [0.3, 0.4) is 0 Å². The van der Waals surface area contributed by atoms with E-state index in [0.717, 1.165) is 22.6 Å². The molecule has 7 heteroatoms. The van der Waals surface area contributed by atoms with Crippen LogP contribution in [0.4, 0.5) is 0 Å². The van der Waals surface area contributed by atoms with E-state index in [1.54, 1.807) is 11.6 Å². The molecule has 0 N–H and O–H groups in total. The van der Waals surface area contributed by atoms with Gasteiger partial charge in [-0.25, -0.2) is 4.98 Å². The van der Waals surface area contributed by atoms with Crippen LogP contribution >= 0.6 is 23.1 Å². The number of thiophene rings is 1. The molecule has 112 valence electrons. The molecule has 0 spiro atoms. The predicted molar refractivity (Wildman–Crippen MR) is 87.0 cm³/mol. The zero-order valence-corrected chi connectivity index (χ0v) is 13.4. The highest BCUT2D eigenvalue weighted by Crippen LogP contribution is 2.34. The first-order valence-corrected chi connectivity index (χ1v) is 8.54. The lowest BCUT2D eigenvalue weighted by Crippen LogP contribution is -2.18. The summed E-state index contributed by atoms with van der Waals surface area (Å²) in [6.07, 6.45) is 0. The third kappa shape index (κ3) is 2.26. The van der Waals surface area contributed by atoms with Crippen LogP contribution in [0.2, 0.25) is 0 Å². The highest BCUT2D eigenvalue weighted by Gasteiger charge is 2.14. The van der Waals surface area contributed by atoms with Crippen LogP contribution in [-0.2, 0) is 12.8 Å². The molecule has 0 saturated carbocycles. The molecule has 1 aliphatic heterocycles. The van der Waals surface area contributed by atoms with Crippen LogP contribution in [0, 0.1) is 0 Å². The molecule has 0 saturated heterocycles. The molecule has 3 aromatic rings. The minimum Gasteiger partial charge on any atom is -0.454 e. The Morgan fingerprint density at radius 2 is 2.18 bits per heavy atom. The van der Waals surface area contributed by atoms with Gasteiger partial charge in [0.1, 0.15) is 4.70 Å². The molecule has 3 heterocycles. The molecule has 4 rings (SSSR count). The van der Waals surface area contributed by atoms with E-state index < -0.39 is 0 Å². The van der Waals surface area contributed by atoms with E-state index in [0.29, 0.717) is 15.6 Å². The second-order valence-corrected chi connectivity index (χ2v) is 6.73. The van der Waals surface area contributed by atoms with Crippen molar-refractivity contribution in [1.82, 2.24) is 9.55 Å². The number of rotatable bonds is 3. The summed E-state index contributed by atoms with van der Waals surface area (Å²) in [6.45, 7) is 0.275. The van der Waals surface area contributed by atoms with E-state index in [1.807, 2.05) is 29.6 Å². The normalized spacial score (nSPS) is 13.0. The Kier molecular flexibility index (Phi) is 3.31. The number of nitrogens with zero attached hydrogens (tertiary/aromatic N) is 2. The summed E-state index contributed by atoms with van der Waals surface area (Å²) in [5.41, 5.74) is 1.88. The van der Waals surface area contributed by atoms with Crippen molar-refractivity contribution in [2.75, 3.05) is 6.79 Å². The molecular weight excluding hydrogens is 320 g/mol. The quantitative estimate of drug-likeness (QED) is 0.545. The maximum Gasteiger partial charge on any atom is 0.271 e. The van der Waals surface area contributed by atoms with Crippen LogP contribution in [0.25, 0.3) is 10.2 Å². The third-order valence-corrected chi connectivity index (χ3v) is 5.44. The van der Waals surface area contributed by atoms with Crippen molar-refractivity contribution in [1.29, 1.82) is 0 Å². The van der Waals surface area contributed by atoms with Crippen molar-refractivity contribution in [3.05, 3.63) is 45.6 Å². The van der Waals surface area contributed by atoms with Gasteiger partial charge in [-0.1, -0.05) is 17.8 Å². The Morgan fingerprint density at radius 3 is 3.09 bits per heavy atom. The van der Waals surface area contributed by atoms with Gasteiger partial charge in [0.15, 0.2) is 16.7 Å². The van der Waals surface area contributed by atoms with Gasteiger partial charge in [0, 0.05) is 12.8 Å². The van der Waals surface area contributed by atoms with Crippen molar-refractivity contribution in [2.45, 2.75) is 10.9 Å². The van der Waals surface area contributed by atoms with Crippen molar-refractivity contribution < 1.29 is 9.47 Å². The fourth-order valence-corrected chi connectivity index (χ4v) is 4.00. The number of hydrogen-bond acceptors (Lipinski definition) is 6. The summed E-state index contributed by atoms with van der Waals surface area (Å²) >= 11 is 2.97. The predicted octanol–water partition coefficient (Wildman–Crippen LogP) is 3.02. The van der Waals surface area contributed by atoms with Crippen LogP contribution < -0.4 is 15.0 Å². The molecule has 22 heavy (non-hydrogen) atoms. The highest BCUT2D eigenvalue weighted by molar-refractivity contribution is 7.98. The Hall–Kier alpha value is -1.99. The number of hydrogen-bond donors (Lipinski definition) is 0. The summed E-state index contributed by atoms with van der Waals surface area (Å²) in [6, 6.07) is 7.76. The Labute approximate surface area is 134 Å². The second-order valence-electron chi connectivity index (χ2n) is 4.87. The van der Waals surface area contributed by atoms with Gasteiger partial charge in [-0.05, 0) is 29.1 Å². The smallest absolute Gasteiger partial charge is 0.271 e. The van der Waals surface area contributed by atoms with Crippen molar-refractivity contribution in [2.24, 2.45) is 7.05 Å². The Balaban J connectivity index is 1.61. The Morgan fingerprint density at radius 1 is 1.32 bits per heavy atom. The number of fused-ring (bicyclic) bond motifs is 2. The van der Waals surface area contributed by atoms with E-state index >= 15 is 0 Å². The first kappa shape index (κ1) is 13.7. The van der Waals surface area contributed by atoms with Gasteiger partial charge in [-0.3, -0.25) is 9.36 Å². The fraction of sp³-hybridized carbons (Fsp3) is 0.200. The fourth-order valence-electron chi connectivity index (χ4n) is 2.28. The molecule has 5 nitrogen and oxygen atoms in total. The van der Waals surface area contributed by atoms with Crippen molar-refractivity contribution in [3.63, 3.8) is 0 Å². The molecule has 1 aliphatic rings. The Bertz CT molecular complexity index is 917. The van der Waals surface area contributed by atoms with E-state index in [1.165, 1.54) is 23.1 Å². The van der Waals surface area contributed by atoms with Gasteiger partial charge in [-0.15, -0.1) is 11.3 Å². The lowest BCUT2D eigenvalue weighted by atomic mass is 10.2. The van der Waals surface area contributed by atoms with Crippen LogP contribution in [0.15, 0.2) is 39.6 Å². The zero-order chi connectivity index (χ0) is 15.1. The van der Waals surface area contributed by atoms with Gasteiger partial charge in [0.25, 0.3) is 5.56 Å². The first-order valence-electron chi connectivity index (χ1n) is 6.68. The van der Waals surface area contributed by atoms with Gasteiger partial charge in [0.2, 0.25) is 6.79 Å². The first-order chi connectivity index (χ1) is 10.7. The maximum atomic E-state index is 12.3. The number of aromatic nitrogens is 2. The van der Waals surface area contributed by atoms with E-state index in [-0.39, 0.29) is 12.4 Å². The SMILES string of the molecule is Cn1c(SCc2ccc3c(c2)OCO3)nc2ccsc2c1=O. The number of thioether (sulfide) groups is 1. The second kappa shape index (κ2) is 5.33. The zero-order valence-electron chi connectivity index (χ0n) is 11.7. The molecule has 0 aliphatic carbocycles. The highest BCUT2D eigenvalue weighted by atomic mass is 32.2. The largest absolute Gasteiger partial charge is 0.454 e. The number of benzene rings is 1. The average molecular weight is 332 g/mol. The van der Waals surface area contributed by atoms with Gasteiger partial charge in [0.05, 0.1) is 5.52 Å². The third-order valence-electron chi connectivity index (χ3n) is 3.45. The summed E-state index contributed by atoms with van der Waals surface area (Å²) in [5.74, 6) is 2.26. The lowest BCUT2D eigenvalue weighted by Gasteiger charge is -2.07. The molecule has 0 unspecified atom stereocenters. The molecule has 1 aromatic carbocycles. The molecular formula is C15H12N2O3S2. The number of ether oxygens (including phenoxy) is 2. The minimum absolute atomic E-state index is 0.00758. The minimum atomic E-state index is 0.00758. The summed E-state index contributed by atoms with van der Waals surface area (Å²) in [4.78, 5) is 16.8. The van der Waals surface area contributed by atoms with Crippen molar-refractivity contribution in [3.8, 4) is 11.5 Å². The van der Waals surface area contributed by atoms with E-state index in [2.05, 4.69) is 4.98 Å². The standard InChI is InChI=1S/C15H12N2O3S2/c1-17-14(18)13-10(4-5-21-13)16-15(17)22-7-9-2-3-11-12(6-9)20-8-19-11/h2-6H,7-8H2,1H3. The lowest BCUT2D eigenvalue weighted by molar-refractivity contribution is 0.174. The van der Waals surface area contributed by atoms with Gasteiger partial charge in [-0.2, -0.15) is 0 Å². The topological polar surface area (TPSA) is 53.4 Å². The van der Waals surface area contributed by atoms with E-state index in [4.69, 9.17) is 9.47 Å². The van der Waals surface area contributed by atoms with Crippen LogP contribution in [0.1, 0.15) is 5.56 Å². The molecule has 0 fully saturated rings. The molecule has 0 atom stereocenters. The van der Waals surface area contributed by atoms with Gasteiger partial charge < -0.3 is 9.47 Å². The summed E-state index contributed by atoms with van der Waals surface area (Å²) in [5, 5.41) is 2.61. The van der Waals surface area contributed by atoms with Gasteiger partial charge >= 0.3 is 0 Å².